The molecule has 0 amide bonds. The van der Waals surface area contributed by atoms with Gasteiger partial charge in [-0.1, -0.05) is 35.9 Å². The van der Waals surface area contributed by atoms with Crippen molar-refractivity contribution in [1.29, 1.82) is 0 Å². The fourth-order valence-corrected chi connectivity index (χ4v) is 1.52. The first kappa shape index (κ1) is 13.6. The van der Waals surface area contributed by atoms with Crippen molar-refractivity contribution >= 4 is 17.6 Å². The molecule has 0 saturated carbocycles. The molecular formula is C13H18ClN3. The summed E-state index contributed by atoms with van der Waals surface area (Å²) in [7, 11) is 0. The van der Waals surface area contributed by atoms with E-state index in [4.69, 9.17) is 17.3 Å². The summed E-state index contributed by atoms with van der Waals surface area (Å²) in [5.41, 5.74) is 7.86. The van der Waals surface area contributed by atoms with E-state index < -0.39 is 0 Å². The highest BCUT2D eigenvalue weighted by atomic mass is 35.5. The Bertz CT molecular complexity index is 413. The molecule has 0 fully saturated rings. The first-order valence-corrected chi connectivity index (χ1v) is 5.88. The molecular weight excluding hydrogens is 234 g/mol. The van der Waals surface area contributed by atoms with Gasteiger partial charge in [-0.15, -0.1) is 0 Å². The SMILES string of the molecule is C=C(C)CN=C(N)NCCc1cccc(Cl)c1. The van der Waals surface area contributed by atoms with Crippen molar-refractivity contribution in [2.24, 2.45) is 10.7 Å². The quantitative estimate of drug-likeness (QED) is 0.480. The number of guanidine groups is 1. The maximum absolute atomic E-state index is 5.89. The van der Waals surface area contributed by atoms with Gasteiger partial charge in [-0.05, 0) is 31.0 Å². The molecule has 1 aromatic carbocycles. The average Bonchev–Trinajstić information content (AvgIpc) is 2.26. The standard InChI is InChI=1S/C13H18ClN3/c1-10(2)9-17-13(15)16-7-6-11-4-3-5-12(14)8-11/h3-5,8H,1,6-7,9H2,2H3,(H3,15,16,17). The van der Waals surface area contributed by atoms with Gasteiger partial charge in [-0.3, -0.25) is 0 Å². The maximum Gasteiger partial charge on any atom is 0.188 e. The molecule has 0 heterocycles. The third kappa shape index (κ3) is 5.97. The first-order valence-electron chi connectivity index (χ1n) is 5.50. The Morgan fingerprint density at radius 2 is 2.29 bits per heavy atom. The Balaban J connectivity index is 2.32. The summed E-state index contributed by atoms with van der Waals surface area (Å²) in [6.07, 6.45) is 0.865. The van der Waals surface area contributed by atoms with Crippen LogP contribution in [-0.4, -0.2) is 19.0 Å². The Hall–Kier alpha value is -1.48. The minimum Gasteiger partial charge on any atom is -0.370 e. The molecule has 0 aliphatic rings. The van der Waals surface area contributed by atoms with Gasteiger partial charge in [0.2, 0.25) is 0 Å². The van der Waals surface area contributed by atoms with Crippen LogP contribution in [0, 0.1) is 0 Å². The van der Waals surface area contributed by atoms with Crippen LogP contribution in [0.25, 0.3) is 0 Å². The van der Waals surface area contributed by atoms with Gasteiger partial charge >= 0.3 is 0 Å². The molecule has 0 aliphatic carbocycles. The normalized spacial score (nSPS) is 11.3. The van der Waals surface area contributed by atoms with Crippen LogP contribution < -0.4 is 11.1 Å². The molecule has 17 heavy (non-hydrogen) atoms. The fourth-order valence-electron chi connectivity index (χ4n) is 1.30. The van der Waals surface area contributed by atoms with Gasteiger partial charge in [0.05, 0.1) is 6.54 Å². The molecule has 4 heteroatoms. The third-order valence-corrected chi connectivity index (χ3v) is 2.36. The molecule has 0 aromatic heterocycles. The fraction of sp³-hybridized carbons (Fsp3) is 0.308. The monoisotopic (exact) mass is 251 g/mol. The van der Waals surface area contributed by atoms with Crippen molar-refractivity contribution in [1.82, 2.24) is 5.32 Å². The summed E-state index contributed by atoms with van der Waals surface area (Å²) in [5.74, 6) is 0.454. The molecule has 0 spiro atoms. The molecule has 0 unspecified atom stereocenters. The van der Waals surface area contributed by atoms with E-state index in [0.29, 0.717) is 12.5 Å². The van der Waals surface area contributed by atoms with Gasteiger partial charge in [0.1, 0.15) is 0 Å². The topological polar surface area (TPSA) is 50.4 Å². The molecule has 3 nitrogen and oxygen atoms in total. The number of halogens is 1. The lowest BCUT2D eigenvalue weighted by Crippen LogP contribution is -2.33. The van der Waals surface area contributed by atoms with Crippen LogP contribution in [0.5, 0.6) is 0 Å². The van der Waals surface area contributed by atoms with Crippen molar-refractivity contribution in [3.05, 3.63) is 47.0 Å². The Kier molecular flexibility index (Phi) is 5.57. The average molecular weight is 252 g/mol. The van der Waals surface area contributed by atoms with Gasteiger partial charge in [-0.2, -0.15) is 0 Å². The van der Waals surface area contributed by atoms with Gasteiger partial charge in [-0.25, -0.2) is 4.99 Å². The zero-order chi connectivity index (χ0) is 12.7. The van der Waals surface area contributed by atoms with Gasteiger partial charge < -0.3 is 11.1 Å². The number of nitrogens with zero attached hydrogens (tertiary/aromatic N) is 1. The first-order chi connectivity index (χ1) is 8.08. The van der Waals surface area contributed by atoms with Crippen molar-refractivity contribution in [3.8, 4) is 0 Å². The Morgan fingerprint density at radius 3 is 2.94 bits per heavy atom. The molecule has 0 aliphatic heterocycles. The highest BCUT2D eigenvalue weighted by Crippen LogP contribution is 2.10. The number of benzene rings is 1. The number of nitrogens with one attached hydrogen (secondary N) is 1. The predicted octanol–water partition coefficient (Wildman–Crippen LogP) is 2.36. The van der Waals surface area contributed by atoms with Crippen LogP contribution in [0.3, 0.4) is 0 Å². The largest absolute Gasteiger partial charge is 0.370 e. The molecule has 3 N–H and O–H groups in total. The number of aliphatic imine (C=N–C) groups is 1. The molecule has 0 radical (unpaired) electrons. The second-order valence-corrected chi connectivity index (χ2v) is 4.40. The van der Waals surface area contributed by atoms with Crippen LogP contribution in [0.2, 0.25) is 5.02 Å². The summed E-state index contributed by atoms with van der Waals surface area (Å²) in [6.45, 7) is 6.99. The smallest absolute Gasteiger partial charge is 0.188 e. The summed E-state index contributed by atoms with van der Waals surface area (Å²) < 4.78 is 0. The highest BCUT2D eigenvalue weighted by molar-refractivity contribution is 6.30. The summed E-state index contributed by atoms with van der Waals surface area (Å²) in [6, 6.07) is 7.79. The number of hydrogen-bond donors (Lipinski definition) is 2. The lowest BCUT2D eigenvalue weighted by molar-refractivity contribution is 0.852. The zero-order valence-corrected chi connectivity index (χ0v) is 10.8. The third-order valence-electron chi connectivity index (χ3n) is 2.13. The van der Waals surface area contributed by atoms with Crippen molar-refractivity contribution in [2.75, 3.05) is 13.1 Å². The molecule has 92 valence electrons. The molecule has 1 aromatic rings. The Morgan fingerprint density at radius 1 is 1.53 bits per heavy atom. The van der Waals surface area contributed by atoms with E-state index in [1.807, 2.05) is 31.2 Å². The summed E-state index contributed by atoms with van der Waals surface area (Å²) >= 11 is 5.89. The predicted molar refractivity (Wildman–Crippen MR) is 74.5 cm³/mol. The van der Waals surface area contributed by atoms with Crippen molar-refractivity contribution < 1.29 is 0 Å². The van der Waals surface area contributed by atoms with E-state index >= 15 is 0 Å². The van der Waals surface area contributed by atoms with E-state index in [-0.39, 0.29) is 0 Å². The van der Waals surface area contributed by atoms with E-state index in [1.54, 1.807) is 0 Å². The number of hydrogen-bond acceptors (Lipinski definition) is 1. The lowest BCUT2D eigenvalue weighted by atomic mass is 10.1. The summed E-state index contributed by atoms with van der Waals surface area (Å²) in [4.78, 5) is 4.13. The summed E-state index contributed by atoms with van der Waals surface area (Å²) in [5, 5.41) is 3.81. The van der Waals surface area contributed by atoms with Crippen LogP contribution >= 0.6 is 11.6 Å². The van der Waals surface area contributed by atoms with Crippen LogP contribution in [0.4, 0.5) is 0 Å². The second-order valence-electron chi connectivity index (χ2n) is 3.97. The van der Waals surface area contributed by atoms with Crippen LogP contribution in [-0.2, 0) is 6.42 Å². The van der Waals surface area contributed by atoms with E-state index in [9.17, 15) is 0 Å². The van der Waals surface area contributed by atoms with Crippen LogP contribution in [0.1, 0.15) is 12.5 Å². The van der Waals surface area contributed by atoms with E-state index in [1.165, 1.54) is 5.56 Å². The lowest BCUT2D eigenvalue weighted by Gasteiger charge is -2.06. The molecule has 1 rings (SSSR count). The minimum absolute atomic E-state index is 0.454. The van der Waals surface area contributed by atoms with E-state index in [0.717, 1.165) is 23.6 Å². The van der Waals surface area contributed by atoms with Crippen molar-refractivity contribution in [2.45, 2.75) is 13.3 Å². The van der Waals surface area contributed by atoms with Gasteiger partial charge in [0, 0.05) is 11.6 Å². The van der Waals surface area contributed by atoms with Gasteiger partial charge in [0.15, 0.2) is 5.96 Å². The minimum atomic E-state index is 0.454. The molecule has 0 saturated heterocycles. The zero-order valence-electron chi connectivity index (χ0n) is 10.0. The van der Waals surface area contributed by atoms with Gasteiger partial charge in [0.25, 0.3) is 0 Å². The highest BCUT2D eigenvalue weighted by Gasteiger charge is 1.95. The number of rotatable bonds is 5. The van der Waals surface area contributed by atoms with Crippen molar-refractivity contribution in [3.63, 3.8) is 0 Å². The second kappa shape index (κ2) is 6.97. The maximum atomic E-state index is 5.89. The van der Waals surface area contributed by atoms with E-state index in [2.05, 4.69) is 16.9 Å². The Labute approximate surface area is 107 Å². The molecule has 0 bridgehead atoms. The molecule has 0 atom stereocenters. The van der Waals surface area contributed by atoms with Crippen LogP contribution in [0.15, 0.2) is 41.4 Å². The number of nitrogens with two attached hydrogens (primary N) is 1.